The summed E-state index contributed by atoms with van der Waals surface area (Å²) in [6, 6.07) is 3.96. The lowest BCUT2D eigenvalue weighted by Gasteiger charge is -2.07. The topological polar surface area (TPSA) is 64.7 Å². The van der Waals surface area contributed by atoms with Crippen LogP contribution in [-0.4, -0.2) is 15.0 Å². The molecular weight excluding hydrogens is 224 g/mol. The lowest BCUT2D eigenvalue weighted by molar-refractivity contribution is 0.808. The molecule has 0 fully saturated rings. The summed E-state index contributed by atoms with van der Waals surface area (Å²) in [6.07, 6.45) is 8.20. The lowest BCUT2D eigenvalue weighted by Crippen LogP contribution is -2.08. The van der Waals surface area contributed by atoms with Crippen LogP contribution in [0.25, 0.3) is 0 Å². The number of rotatable bonds is 5. The Morgan fingerprint density at radius 3 is 2.83 bits per heavy atom. The maximum Gasteiger partial charge on any atom is 0.132 e. The first kappa shape index (κ1) is 12.6. The standard InChI is InChI=1S/C14H18N4/c1-2-4-13-12(8-15)10-17-14(18-13)7-11-5-3-6-16-9-11/h3,5-6,9-10H,2,4,7-8,15H2,1H3. The predicted molar refractivity (Wildman–Crippen MR) is 71.0 cm³/mol. The van der Waals surface area contributed by atoms with Gasteiger partial charge in [0, 0.05) is 42.8 Å². The first-order valence-electron chi connectivity index (χ1n) is 6.26. The Morgan fingerprint density at radius 2 is 2.17 bits per heavy atom. The SMILES string of the molecule is CCCc1nc(Cc2cccnc2)ncc1CN. The third-order valence-corrected chi connectivity index (χ3v) is 2.80. The molecule has 0 aliphatic carbocycles. The Bertz CT molecular complexity index is 496. The van der Waals surface area contributed by atoms with Crippen molar-refractivity contribution in [2.75, 3.05) is 0 Å². The molecule has 18 heavy (non-hydrogen) atoms. The van der Waals surface area contributed by atoms with Crippen LogP contribution in [0.2, 0.25) is 0 Å². The highest BCUT2D eigenvalue weighted by molar-refractivity contribution is 5.20. The van der Waals surface area contributed by atoms with E-state index in [2.05, 4.69) is 21.9 Å². The molecule has 2 rings (SSSR count). The molecule has 2 aromatic rings. The molecule has 0 atom stereocenters. The molecule has 0 unspecified atom stereocenters. The van der Waals surface area contributed by atoms with Crippen molar-refractivity contribution in [3.05, 3.63) is 53.4 Å². The highest BCUT2D eigenvalue weighted by Gasteiger charge is 2.06. The summed E-state index contributed by atoms with van der Waals surface area (Å²) in [5.74, 6) is 0.837. The fourth-order valence-corrected chi connectivity index (χ4v) is 1.88. The van der Waals surface area contributed by atoms with E-state index >= 15 is 0 Å². The molecule has 0 saturated carbocycles. The molecule has 0 bridgehead atoms. The van der Waals surface area contributed by atoms with Crippen molar-refractivity contribution in [1.82, 2.24) is 15.0 Å². The minimum absolute atomic E-state index is 0.502. The van der Waals surface area contributed by atoms with E-state index in [1.165, 1.54) is 0 Å². The van der Waals surface area contributed by atoms with Crippen molar-refractivity contribution in [3.8, 4) is 0 Å². The summed E-state index contributed by atoms with van der Waals surface area (Å²) in [4.78, 5) is 13.1. The summed E-state index contributed by atoms with van der Waals surface area (Å²) >= 11 is 0. The molecule has 2 N–H and O–H groups in total. The lowest BCUT2D eigenvalue weighted by atomic mass is 10.1. The number of pyridine rings is 1. The van der Waals surface area contributed by atoms with Crippen molar-refractivity contribution in [2.45, 2.75) is 32.7 Å². The molecule has 0 aliphatic heterocycles. The van der Waals surface area contributed by atoms with Crippen LogP contribution in [0.3, 0.4) is 0 Å². The van der Waals surface area contributed by atoms with Gasteiger partial charge in [0.1, 0.15) is 5.82 Å². The second-order valence-electron chi connectivity index (χ2n) is 4.25. The summed E-state index contributed by atoms with van der Waals surface area (Å²) in [5.41, 5.74) is 8.94. The van der Waals surface area contributed by atoms with Crippen molar-refractivity contribution >= 4 is 0 Å². The zero-order valence-corrected chi connectivity index (χ0v) is 10.6. The normalized spacial score (nSPS) is 10.6. The van der Waals surface area contributed by atoms with Gasteiger partial charge in [-0.05, 0) is 18.1 Å². The van der Waals surface area contributed by atoms with Gasteiger partial charge in [0.15, 0.2) is 0 Å². The van der Waals surface area contributed by atoms with Crippen LogP contribution < -0.4 is 5.73 Å². The van der Waals surface area contributed by atoms with E-state index in [-0.39, 0.29) is 0 Å². The van der Waals surface area contributed by atoms with Gasteiger partial charge in [-0.2, -0.15) is 0 Å². The summed E-state index contributed by atoms with van der Waals surface area (Å²) in [5, 5.41) is 0. The highest BCUT2D eigenvalue weighted by atomic mass is 14.9. The molecule has 0 saturated heterocycles. The molecule has 0 aromatic carbocycles. The molecule has 2 aromatic heterocycles. The van der Waals surface area contributed by atoms with Gasteiger partial charge < -0.3 is 5.73 Å². The highest BCUT2D eigenvalue weighted by Crippen LogP contribution is 2.10. The van der Waals surface area contributed by atoms with Gasteiger partial charge in [0.05, 0.1) is 0 Å². The van der Waals surface area contributed by atoms with Crippen LogP contribution in [0.15, 0.2) is 30.7 Å². The van der Waals surface area contributed by atoms with Gasteiger partial charge in [0.2, 0.25) is 0 Å². The van der Waals surface area contributed by atoms with E-state index in [1.807, 2.05) is 24.5 Å². The first-order valence-corrected chi connectivity index (χ1v) is 6.26. The molecule has 2 heterocycles. The monoisotopic (exact) mass is 242 g/mol. The predicted octanol–water partition coefficient (Wildman–Crippen LogP) is 1.87. The van der Waals surface area contributed by atoms with Crippen molar-refractivity contribution in [2.24, 2.45) is 5.73 Å². The summed E-state index contributed by atoms with van der Waals surface area (Å²) < 4.78 is 0. The number of aryl methyl sites for hydroxylation is 1. The summed E-state index contributed by atoms with van der Waals surface area (Å²) in [7, 11) is 0. The largest absolute Gasteiger partial charge is 0.326 e. The second-order valence-corrected chi connectivity index (χ2v) is 4.25. The molecule has 0 amide bonds. The molecule has 0 radical (unpaired) electrons. The minimum atomic E-state index is 0.502. The van der Waals surface area contributed by atoms with Gasteiger partial charge in [-0.15, -0.1) is 0 Å². The van der Waals surface area contributed by atoms with E-state index in [9.17, 15) is 0 Å². The van der Waals surface area contributed by atoms with Crippen LogP contribution in [-0.2, 0) is 19.4 Å². The third-order valence-electron chi connectivity index (χ3n) is 2.80. The Morgan fingerprint density at radius 1 is 1.28 bits per heavy atom. The molecule has 4 nitrogen and oxygen atoms in total. The molecule has 4 heteroatoms. The fourth-order valence-electron chi connectivity index (χ4n) is 1.88. The van der Waals surface area contributed by atoms with Gasteiger partial charge in [-0.1, -0.05) is 19.4 Å². The average Bonchev–Trinajstić information content (AvgIpc) is 2.41. The number of nitrogens with two attached hydrogens (primary N) is 1. The Labute approximate surface area is 107 Å². The van der Waals surface area contributed by atoms with Crippen molar-refractivity contribution in [1.29, 1.82) is 0 Å². The van der Waals surface area contributed by atoms with Crippen LogP contribution in [0.1, 0.15) is 36.0 Å². The smallest absolute Gasteiger partial charge is 0.132 e. The molecule has 94 valence electrons. The van der Waals surface area contributed by atoms with E-state index in [1.54, 1.807) is 6.20 Å². The van der Waals surface area contributed by atoms with E-state index < -0.39 is 0 Å². The van der Waals surface area contributed by atoms with E-state index in [0.717, 1.165) is 41.9 Å². The summed E-state index contributed by atoms with van der Waals surface area (Å²) in [6.45, 7) is 2.64. The van der Waals surface area contributed by atoms with E-state index in [4.69, 9.17) is 5.73 Å². The molecule has 0 aliphatic rings. The zero-order chi connectivity index (χ0) is 12.8. The van der Waals surface area contributed by atoms with Gasteiger partial charge >= 0.3 is 0 Å². The average molecular weight is 242 g/mol. The number of aromatic nitrogens is 3. The van der Waals surface area contributed by atoms with Crippen LogP contribution >= 0.6 is 0 Å². The quantitative estimate of drug-likeness (QED) is 0.869. The maximum atomic E-state index is 5.69. The van der Waals surface area contributed by atoms with Crippen molar-refractivity contribution in [3.63, 3.8) is 0 Å². The van der Waals surface area contributed by atoms with Crippen LogP contribution in [0.4, 0.5) is 0 Å². The van der Waals surface area contributed by atoms with Gasteiger partial charge in [-0.3, -0.25) is 4.98 Å². The Hall–Kier alpha value is -1.81. The minimum Gasteiger partial charge on any atom is -0.326 e. The van der Waals surface area contributed by atoms with Crippen LogP contribution in [0, 0.1) is 0 Å². The Balaban J connectivity index is 2.21. The third kappa shape index (κ3) is 3.11. The zero-order valence-electron chi connectivity index (χ0n) is 10.6. The van der Waals surface area contributed by atoms with E-state index in [0.29, 0.717) is 6.54 Å². The Kier molecular flexibility index (Phi) is 4.36. The molecule has 0 spiro atoms. The van der Waals surface area contributed by atoms with Gasteiger partial charge in [-0.25, -0.2) is 9.97 Å². The second kappa shape index (κ2) is 6.21. The van der Waals surface area contributed by atoms with Gasteiger partial charge in [0.25, 0.3) is 0 Å². The number of hydrogen-bond donors (Lipinski definition) is 1. The molecular formula is C14H18N4. The maximum absolute atomic E-state index is 5.69. The first-order chi connectivity index (χ1) is 8.83. The van der Waals surface area contributed by atoms with Crippen molar-refractivity contribution < 1.29 is 0 Å². The number of nitrogens with zero attached hydrogens (tertiary/aromatic N) is 3. The fraction of sp³-hybridized carbons (Fsp3) is 0.357. The number of hydrogen-bond acceptors (Lipinski definition) is 4. The van der Waals surface area contributed by atoms with Crippen LogP contribution in [0.5, 0.6) is 0 Å².